The van der Waals surface area contributed by atoms with Crippen molar-refractivity contribution in [3.8, 4) is 16.0 Å². The van der Waals surface area contributed by atoms with E-state index in [0.29, 0.717) is 36.2 Å². The van der Waals surface area contributed by atoms with Gasteiger partial charge in [-0.25, -0.2) is 42.1 Å². The summed E-state index contributed by atoms with van der Waals surface area (Å²) >= 11 is 0. The molecule has 118 heavy (non-hydrogen) atoms. The summed E-state index contributed by atoms with van der Waals surface area (Å²) in [6, 6.07) is 136. The molecular formula is C90H79F3O15S10. The van der Waals surface area contributed by atoms with E-state index in [1.165, 1.54) is 82.0 Å². The number of alkyl halides is 3. The Labute approximate surface area is 702 Å². The molecule has 14 aromatic carbocycles. The Morgan fingerprint density at radius 1 is 0.229 bits per heavy atom. The smallest absolute Gasteiger partial charge is 0.416 e. The first-order valence-corrected chi connectivity index (χ1v) is 50.4. The Balaban J connectivity index is 0.000000195. The fraction of sp³-hybridized carbons (Fsp3) is 0.0667. The van der Waals surface area contributed by atoms with Gasteiger partial charge in [0.25, 0.3) is 0 Å². The van der Waals surface area contributed by atoms with Gasteiger partial charge in [0.05, 0.1) is 99.7 Å². The van der Waals surface area contributed by atoms with Crippen molar-refractivity contribution in [1.29, 1.82) is 0 Å². The number of fused-ring (bicyclic) bond motifs is 3. The van der Waals surface area contributed by atoms with E-state index in [9.17, 15) is 13.2 Å². The molecule has 15 aromatic rings. The molecule has 610 valence electrons. The molecule has 1 heterocycles. The lowest BCUT2D eigenvalue weighted by Crippen LogP contribution is -2.07. The minimum Gasteiger partial charge on any atom is -0.748 e. The number of thiophene rings is 1. The first kappa shape index (κ1) is 93.5. The van der Waals surface area contributed by atoms with Gasteiger partial charge < -0.3 is 22.8 Å². The molecule has 0 aliphatic carbocycles. The van der Waals surface area contributed by atoms with Crippen LogP contribution >= 0.6 is 10.5 Å². The summed E-state index contributed by atoms with van der Waals surface area (Å²) in [7, 11) is -20.6. The molecular weight excluding hydrogens is 1700 g/mol. The highest BCUT2D eigenvalue weighted by Crippen LogP contribution is 2.49. The first-order valence-electron chi connectivity index (χ1n) is 35.1. The van der Waals surface area contributed by atoms with E-state index in [-0.39, 0.29) is 43.6 Å². The van der Waals surface area contributed by atoms with Gasteiger partial charge in [0, 0.05) is 58.6 Å². The summed E-state index contributed by atoms with van der Waals surface area (Å²) in [6.07, 6.45) is -1.30. The maximum absolute atomic E-state index is 13.0. The third-order valence-corrected chi connectivity index (χ3v) is 26.8. The molecule has 28 heteroatoms. The van der Waals surface area contributed by atoms with Crippen LogP contribution in [0.25, 0.3) is 36.2 Å². The number of hydrogen-bond donors (Lipinski definition) is 0. The SMILES string of the molecule is CS(=O)(=O)[O-].CS(=O)(=O)[O-].CS(=O)(=O)[O-].CS(=O)(=O)[O-].CS(=O)(=O)[O-].FC(F)(F)c1cccc(-[s+]2c3ccccc3c3ccccc32)c1.c1ccc([S+](c2ccccc2)c2ccc(-c3ccc([S+](c4ccccc4)c4ccccc4)cc3)cc2)cc1.c1ccc([S+](c2ccccc2)c2ccc([S+](c3ccccc3)c3ccccc3)cc2)cc1. The second-order valence-electron chi connectivity index (χ2n) is 25.1. The third-order valence-electron chi connectivity index (χ3n) is 15.5. The third kappa shape index (κ3) is 32.4. The van der Waals surface area contributed by atoms with Crippen LogP contribution < -0.4 is 0 Å². The van der Waals surface area contributed by atoms with Crippen LogP contribution in [0, 0.1) is 0 Å². The van der Waals surface area contributed by atoms with Crippen molar-refractivity contribution in [3.63, 3.8) is 0 Å². The van der Waals surface area contributed by atoms with Crippen molar-refractivity contribution >= 4 is 125 Å². The van der Waals surface area contributed by atoms with E-state index >= 15 is 0 Å². The minimum atomic E-state index is -4.32. The quantitative estimate of drug-likeness (QED) is 0.0722. The lowest BCUT2D eigenvalue weighted by Gasteiger charge is -2.10. The molecule has 0 fully saturated rings. The van der Waals surface area contributed by atoms with Crippen LogP contribution in [0.15, 0.2) is 447 Å². The monoisotopic (exact) mass is 1780 g/mol. The van der Waals surface area contributed by atoms with Gasteiger partial charge in [-0.05, 0) is 217 Å². The van der Waals surface area contributed by atoms with E-state index in [2.05, 4.69) is 315 Å². The number of halogens is 3. The summed E-state index contributed by atoms with van der Waals surface area (Å²) < 4.78 is 177. The van der Waals surface area contributed by atoms with Gasteiger partial charge in [0.1, 0.15) is 0 Å². The topological polar surface area (TPSA) is 286 Å². The largest absolute Gasteiger partial charge is 0.748 e. The highest BCUT2D eigenvalue weighted by Gasteiger charge is 2.35. The molecule has 0 saturated heterocycles. The summed E-state index contributed by atoms with van der Waals surface area (Å²) in [6.45, 7) is 0. The Kier molecular flexibility index (Phi) is 35.0. The Bertz CT molecular complexity index is 5580. The van der Waals surface area contributed by atoms with Crippen LogP contribution in [0.4, 0.5) is 13.2 Å². The van der Waals surface area contributed by atoms with Crippen LogP contribution in [-0.2, 0) is 100 Å². The number of rotatable bonds is 14. The lowest BCUT2D eigenvalue weighted by molar-refractivity contribution is -0.137. The van der Waals surface area contributed by atoms with E-state index in [4.69, 9.17) is 64.9 Å². The minimum absolute atomic E-state index is 0.122. The van der Waals surface area contributed by atoms with Gasteiger partial charge in [-0.1, -0.05) is 176 Å². The van der Waals surface area contributed by atoms with Gasteiger partial charge in [-0.2, -0.15) is 13.2 Å². The highest BCUT2D eigenvalue weighted by molar-refractivity contribution is 7.98. The summed E-state index contributed by atoms with van der Waals surface area (Å²) in [5, 5.41) is 2.23. The summed E-state index contributed by atoms with van der Waals surface area (Å²) in [4.78, 5) is 16.8. The molecule has 1 aromatic heterocycles. The predicted octanol–water partition coefficient (Wildman–Crippen LogP) is 20.0. The molecule has 0 saturated carbocycles. The maximum Gasteiger partial charge on any atom is 0.416 e. The van der Waals surface area contributed by atoms with Gasteiger partial charge in [-0.15, -0.1) is 0 Å². The Morgan fingerprint density at radius 2 is 0.398 bits per heavy atom. The standard InChI is InChI=1S/C36H28S2.C30H24S2.C19H12F3S.5CH4O3S/c1-5-13-31(14-6-1)37(32-15-7-2-8-16-32)35-25-21-29(22-26-35)30-23-27-36(28-24-30)38(33-17-9-3-10-18-33)34-19-11-4-12-20-34;1-5-13-25(14-6-1)31(26-15-7-2-8-16-26)29-21-23-30(24-22-29)32(27-17-9-3-10-18-27)28-19-11-4-12-20-28;20-19(21,22)13-6-5-7-14(12-13)23-17-10-3-1-8-15(17)16-9-2-4-11-18(16)23;5*1-5(2,3)4/h1-28H;1-24H;1-12H;5*1H3,(H,2,3,4)/q2*+2;+1;;;;;/p-5. The zero-order valence-electron chi connectivity index (χ0n) is 63.8. The van der Waals surface area contributed by atoms with Gasteiger partial charge in [-0.3, -0.25) is 0 Å². The van der Waals surface area contributed by atoms with Crippen molar-refractivity contribution in [2.75, 3.05) is 31.3 Å². The average molecular weight is 1780 g/mol. The molecule has 0 aliphatic heterocycles. The maximum atomic E-state index is 13.0. The van der Waals surface area contributed by atoms with Crippen LogP contribution in [0.3, 0.4) is 0 Å². The zero-order valence-corrected chi connectivity index (χ0v) is 72.0. The van der Waals surface area contributed by atoms with Crippen molar-refractivity contribution in [3.05, 3.63) is 394 Å². The van der Waals surface area contributed by atoms with Crippen LogP contribution in [-0.4, -0.2) is 96.1 Å². The van der Waals surface area contributed by atoms with Crippen LogP contribution in [0.5, 0.6) is 0 Å². The first-order chi connectivity index (χ1) is 55.8. The molecule has 0 atom stereocenters. The molecule has 0 N–H and O–H groups in total. The molecule has 15 rings (SSSR count). The molecule has 15 nitrogen and oxygen atoms in total. The van der Waals surface area contributed by atoms with E-state index < -0.39 is 72.8 Å². The van der Waals surface area contributed by atoms with Crippen molar-refractivity contribution in [2.45, 2.75) is 64.9 Å². The molecule has 0 aliphatic rings. The molecule has 0 bridgehead atoms. The number of benzene rings is 14. The van der Waals surface area contributed by atoms with Crippen molar-refractivity contribution in [2.24, 2.45) is 0 Å². The van der Waals surface area contributed by atoms with Gasteiger partial charge >= 0.3 is 6.18 Å². The summed E-state index contributed by atoms with van der Waals surface area (Å²) in [5.74, 6) is 0. The van der Waals surface area contributed by atoms with Crippen LogP contribution in [0.2, 0.25) is 0 Å². The Hall–Kier alpha value is -9.96. The van der Waals surface area contributed by atoms with E-state index in [1.807, 2.05) is 48.5 Å². The highest BCUT2D eigenvalue weighted by atomic mass is 32.2. The molecule has 0 spiro atoms. The number of hydrogen-bond acceptors (Lipinski definition) is 15. The summed E-state index contributed by atoms with van der Waals surface area (Å²) in [5.41, 5.74) is 1.89. The second-order valence-corrected chi connectivity index (χ2v) is 42.2. The van der Waals surface area contributed by atoms with Crippen LogP contribution in [0.1, 0.15) is 5.56 Å². The second kappa shape index (κ2) is 44.2. The fourth-order valence-corrected chi connectivity index (χ4v) is 22.0. The fourth-order valence-electron chi connectivity index (χ4n) is 11.3. The molecule has 0 radical (unpaired) electrons. The van der Waals surface area contributed by atoms with E-state index in [1.54, 1.807) is 6.07 Å². The lowest BCUT2D eigenvalue weighted by atomic mass is 10.1. The average Bonchev–Trinajstić information content (AvgIpc) is 1.60. The van der Waals surface area contributed by atoms with Crippen molar-refractivity contribution < 1.29 is 78.0 Å². The van der Waals surface area contributed by atoms with E-state index in [0.717, 1.165) is 26.2 Å². The van der Waals surface area contributed by atoms with Gasteiger partial charge in [0.15, 0.2) is 73.0 Å². The van der Waals surface area contributed by atoms with Gasteiger partial charge in [0.2, 0.25) is 0 Å². The molecule has 0 amide bonds. The Morgan fingerprint density at radius 3 is 0.593 bits per heavy atom. The molecule has 0 unspecified atom stereocenters. The normalized spacial score (nSPS) is 11.4. The van der Waals surface area contributed by atoms with Crippen molar-refractivity contribution in [1.82, 2.24) is 0 Å². The predicted molar refractivity (Wildman–Crippen MR) is 467 cm³/mol. The zero-order chi connectivity index (χ0) is 85.7.